The van der Waals surface area contributed by atoms with Crippen LogP contribution in [0.2, 0.25) is 0 Å². The Balaban J connectivity index is 2.00. The molecule has 2 aromatic rings. The van der Waals surface area contributed by atoms with E-state index in [1.807, 2.05) is 29.0 Å². The van der Waals surface area contributed by atoms with E-state index in [-0.39, 0.29) is 5.75 Å². The second-order valence-electron chi connectivity index (χ2n) is 4.93. The van der Waals surface area contributed by atoms with Gasteiger partial charge in [-0.05, 0) is 31.4 Å². The summed E-state index contributed by atoms with van der Waals surface area (Å²) >= 11 is 0. The Bertz CT molecular complexity index is 586. The predicted molar refractivity (Wildman–Crippen MR) is 77.7 cm³/mol. The number of imidazole rings is 1. The van der Waals surface area contributed by atoms with Gasteiger partial charge in [-0.15, -0.1) is 0 Å². The number of benzene rings is 1. The zero-order valence-corrected chi connectivity index (χ0v) is 11.3. The summed E-state index contributed by atoms with van der Waals surface area (Å²) in [5.41, 5.74) is 0.719. The van der Waals surface area contributed by atoms with Crippen LogP contribution in [-0.2, 0) is 0 Å². The van der Waals surface area contributed by atoms with Gasteiger partial charge in [0.25, 0.3) is 0 Å². The first-order valence-corrected chi connectivity index (χ1v) is 6.95. The minimum absolute atomic E-state index is 0.233. The van der Waals surface area contributed by atoms with Gasteiger partial charge in [-0.3, -0.25) is 9.58 Å². The van der Waals surface area contributed by atoms with Gasteiger partial charge in [0.1, 0.15) is 12.1 Å². The van der Waals surface area contributed by atoms with Crippen LogP contribution in [0.15, 0.2) is 48.1 Å². The minimum atomic E-state index is 0.233. The van der Waals surface area contributed by atoms with Crippen LogP contribution in [0.25, 0.3) is 0 Å². The standard InChI is InChI=1S/C15H18N4O/c20-14-7-3-2-6-13(14)15(18-11-8-16-12-18)17-19-9-4-1-5-10-19/h2-3,6-8,11-12,20H,1,4-5,9-10H2. The van der Waals surface area contributed by atoms with Crippen molar-refractivity contribution < 1.29 is 5.11 Å². The molecular weight excluding hydrogens is 252 g/mol. The smallest absolute Gasteiger partial charge is 0.169 e. The Morgan fingerprint density at radius 1 is 1.15 bits per heavy atom. The second kappa shape index (κ2) is 5.77. The zero-order chi connectivity index (χ0) is 13.8. The molecule has 3 rings (SSSR count). The first kappa shape index (κ1) is 12.7. The highest BCUT2D eigenvalue weighted by Gasteiger charge is 2.14. The van der Waals surface area contributed by atoms with Crippen LogP contribution in [0, 0.1) is 0 Å². The SMILES string of the molecule is Oc1ccccc1C(=NN1CCCCC1)n1ccnc1. The van der Waals surface area contributed by atoms with Crippen molar-refractivity contribution in [1.29, 1.82) is 0 Å². The van der Waals surface area contributed by atoms with Crippen molar-refractivity contribution in [2.75, 3.05) is 13.1 Å². The second-order valence-corrected chi connectivity index (χ2v) is 4.93. The summed E-state index contributed by atoms with van der Waals surface area (Å²) in [4.78, 5) is 4.07. The molecule has 0 radical (unpaired) electrons. The number of hydrogen-bond acceptors (Lipinski definition) is 4. The van der Waals surface area contributed by atoms with E-state index in [1.54, 1.807) is 18.6 Å². The minimum Gasteiger partial charge on any atom is -0.507 e. The van der Waals surface area contributed by atoms with Crippen molar-refractivity contribution in [3.63, 3.8) is 0 Å². The van der Waals surface area contributed by atoms with Gasteiger partial charge >= 0.3 is 0 Å². The molecule has 1 saturated heterocycles. The molecule has 0 aliphatic carbocycles. The third kappa shape index (κ3) is 2.66. The van der Waals surface area contributed by atoms with Gasteiger partial charge in [0, 0.05) is 25.5 Å². The molecule has 1 aromatic carbocycles. The van der Waals surface area contributed by atoms with E-state index in [4.69, 9.17) is 5.10 Å². The molecule has 20 heavy (non-hydrogen) atoms. The third-order valence-electron chi connectivity index (χ3n) is 3.46. The van der Waals surface area contributed by atoms with Crippen molar-refractivity contribution in [3.05, 3.63) is 48.5 Å². The Morgan fingerprint density at radius 3 is 2.65 bits per heavy atom. The van der Waals surface area contributed by atoms with E-state index < -0.39 is 0 Å². The lowest BCUT2D eigenvalue weighted by Gasteiger charge is -2.25. The van der Waals surface area contributed by atoms with Crippen LogP contribution in [-0.4, -0.2) is 38.6 Å². The maximum atomic E-state index is 10.1. The predicted octanol–water partition coefficient (Wildman–Crippen LogP) is 2.28. The Morgan fingerprint density at radius 2 is 1.95 bits per heavy atom. The van der Waals surface area contributed by atoms with Crippen LogP contribution < -0.4 is 0 Å². The molecule has 0 amide bonds. The number of nitrogens with zero attached hydrogens (tertiary/aromatic N) is 4. The third-order valence-corrected chi connectivity index (χ3v) is 3.46. The average molecular weight is 270 g/mol. The number of para-hydroxylation sites is 1. The van der Waals surface area contributed by atoms with Gasteiger partial charge in [-0.1, -0.05) is 12.1 Å². The molecule has 1 fully saturated rings. The fraction of sp³-hybridized carbons (Fsp3) is 0.333. The Labute approximate surface area is 118 Å². The van der Waals surface area contributed by atoms with E-state index in [1.165, 1.54) is 19.3 Å². The number of aromatic hydroxyl groups is 1. The van der Waals surface area contributed by atoms with E-state index >= 15 is 0 Å². The number of aromatic nitrogens is 2. The van der Waals surface area contributed by atoms with Gasteiger partial charge in [-0.2, -0.15) is 5.10 Å². The first-order chi connectivity index (χ1) is 9.84. The number of phenolic OH excluding ortho intramolecular Hbond substituents is 1. The maximum Gasteiger partial charge on any atom is 0.169 e. The number of phenols is 1. The lowest BCUT2D eigenvalue weighted by Crippen LogP contribution is -2.28. The quantitative estimate of drug-likeness (QED) is 0.673. The Hall–Kier alpha value is -2.30. The van der Waals surface area contributed by atoms with E-state index in [0.717, 1.165) is 18.7 Å². The molecular formula is C15H18N4O. The van der Waals surface area contributed by atoms with Crippen LogP contribution in [0.3, 0.4) is 0 Å². The van der Waals surface area contributed by atoms with Gasteiger partial charge in [-0.25, -0.2) is 4.98 Å². The molecule has 0 unspecified atom stereocenters. The molecule has 104 valence electrons. The van der Waals surface area contributed by atoms with Gasteiger partial charge in [0.15, 0.2) is 5.84 Å². The topological polar surface area (TPSA) is 53.7 Å². The summed E-state index contributed by atoms with van der Waals surface area (Å²) in [6, 6.07) is 7.26. The summed E-state index contributed by atoms with van der Waals surface area (Å²) < 4.78 is 1.84. The molecule has 0 saturated carbocycles. The van der Waals surface area contributed by atoms with Crippen molar-refractivity contribution in [2.45, 2.75) is 19.3 Å². The largest absolute Gasteiger partial charge is 0.507 e. The van der Waals surface area contributed by atoms with Gasteiger partial charge in [0.05, 0.1) is 5.56 Å². The monoisotopic (exact) mass is 270 g/mol. The summed E-state index contributed by atoms with van der Waals surface area (Å²) in [7, 11) is 0. The van der Waals surface area contributed by atoms with Crippen molar-refractivity contribution in [2.24, 2.45) is 5.10 Å². The highest BCUT2D eigenvalue weighted by atomic mass is 16.3. The number of piperidine rings is 1. The van der Waals surface area contributed by atoms with Crippen LogP contribution in [0.1, 0.15) is 24.8 Å². The molecule has 2 heterocycles. The summed E-state index contributed by atoms with van der Waals surface area (Å²) in [6.45, 7) is 1.93. The van der Waals surface area contributed by atoms with Crippen molar-refractivity contribution in [3.8, 4) is 5.75 Å². The van der Waals surface area contributed by atoms with Crippen LogP contribution >= 0.6 is 0 Å². The van der Waals surface area contributed by atoms with Gasteiger partial charge in [0.2, 0.25) is 0 Å². The van der Waals surface area contributed by atoms with Crippen molar-refractivity contribution >= 4 is 5.84 Å². The molecule has 0 atom stereocenters. The lowest BCUT2D eigenvalue weighted by molar-refractivity contribution is 0.238. The average Bonchev–Trinajstić information content (AvgIpc) is 3.01. The van der Waals surface area contributed by atoms with E-state index in [2.05, 4.69) is 9.99 Å². The summed E-state index contributed by atoms with van der Waals surface area (Å²) in [5, 5.41) is 16.9. The lowest BCUT2D eigenvalue weighted by atomic mass is 10.1. The summed E-state index contributed by atoms with van der Waals surface area (Å²) in [5.74, 6) is 0.944. The number of rotatable bonds is 2. The van der Waals surface area contributed by atoms with Crippen LogP contribution in [0.5, 0.6) is 5.75 Å². The molecule has 1 aromatic heterocycles. The molecule has 1 N–H and O–H groups in total. The normalized spacial score (nSPS) is 16.4. The molecule has 1 aliphatic rings. The molecule has 0 bridgehead atoms. The van der Waals surface area contributed by atoms with Crippen molar-refractivity contribution in [1.82, 2.24) is 14.6 Å². The fourth-order valence-corrected chi connectivity index (χ4v) is 2.40. The highest BCUT2D eigenvalue weighted by molar-refractivity contribution is 6.02. The van der Waals surface area contributed by atoms with Gasteiger partial charge < -0.3 is 5.11 Å². The highest BCUT2D eigenvalue weighted by Crippen LogP contribution is 2.19. The number of hydrogen-bond donors (Lipinski definition) is 1. The van der Waals surface area contributed by atoms with Crippen LogP contribution in [0.4, 0.5) is 0 Å². The molecule has 1 aliphatic heterocycles. The molecule has 5 nitrogen and oxygen atoms in total. The van der Waals surface area contributed by atoms with E-state index in [0.29, 0.717) is 5.84 Å². The summed E-state index contributed by atoms with van der Waals surface area (Å²) in [6.07, 6.45) is 8.86. The molecule has 5 heteroatoms. The Kier molecular flexibility index (Phi) is 3.67. The maximum absolute atomic E-state index is 10.1. The molecule has 0 spiro atoms. The zero-order valence-electron chi connectivity index (χ0n) is 11.3. The first-order valence-electron chi connectivity index (χ1n) is 6.95. The fourth-order valence-electron chi connectivity index (χ4n) is 2.40. The number of hydrazone groups is 1. The van der Waals surface area contributed by atoms with E-state index in [9.17, 15) is 5.11 Å².